The highest BCUT2D eigenvalue weighted by Crippen LogP contribution is 2.25. The van der Waals surface area contributed by atoms with Gasteiger partial charge in [-0.2, -0.15) is 0 Å². The van der Waals surface area contributed by atoms with E-state index in [1.807, 2.05) is 0 Å². The molecular formula is C17H24Cl2N2O5. The maximum absolute atomic E-state index is 12.8. The number of carbonyl (C=O) groups is 2. The predicted octanol–water partition coefficient (Wildman–Crippen LogP) is 3.11. The van der Waals surface area contributed by atoms with E-state index < -0.39 is 18.3 Å². The highest BCUT2D eigenvalue weighted by atomic mass is 35.5. The van der Waals surface area contributed by atoms with Gasteiger partial charge in [0.1, 0.15) is 6.04 Å². The molecular weight excluding hydrogens is 383 g/mol. The van der Waals surface area contributed by atoms with Crippen LogP contribution in [0.3, 0.4) is 0 Å². The number of halogens is 2. The van der Waals surface area contributed by atoms with Crippen molar-refractivity contribution in [2.45, 2.75) is 32.1 Å². The second-order valence-corrected chi connectivity index (χ2v) is 6.49. The lowest BCUT2D eigenvalue weighted by atomic mass is 10.2. The lowest BCUT2D eigenvalue weighted by Crippen LogP contribution is -2.46. The fraction of sp³-hybridized carbons (Fsp3) is 0.529. The Morgan fingerprint density at radius 3 is 2.42 bits per heavy atom. The van der Waals surface area contributed by atoms with Crippen molar-refractivity contribution in [2.24, 2.45) is 0 Å². The number of carboxylic acid groups (broad SMARTS) is 1. The smallest absolute Gasteiger partial charge is 0.303 e. The van der Waals surface area contributed by atoms with Crippen molar-refractivity contribution in [3.63, 3.8) is 0 Å². The molecule has 0 bridgehead atoms. The number of rotatable bonds is 11. The number of aliphatic carboxylic acids is 1. The minimum atomic E-state index is -0.908. The summed E-state index contributed by atoms with van der Waals surface area (Å²) in [7, 11) is 2.96. The number of nitrogens with one attached hydrogen (secondary N) is 1. The van der Waals surface area contributed by atoms with E-state index in [0.717, 1.165) is 0 Å². The number of anilines is 1. The third-order valence-corrected chi connectivity index (χ3v) is 4.44. The summed E-state index contributed by atoms with van der Waals surface area (Å²) in [5.41, 5.74) is 0.653. The standard InChI is InChI=1S/C17H24Cl2N2O5/c1-11(20-12-6-7-13(18)14(19)9-12)17(24)21(8-4-5-15(22)23)10-16(25-2)26-3/h6-7,9,11,16,20H,4-5,8,10H2,1-3H3,(H,22,23)/t11-/m1/s1. The molecule has 0 heterocycles. The number of hydrogen-bond donors (Lipinski definition) is 2. The van der Waals surface area contributed by atoms with Crippen molar-refractivity contribution < 1.29 is 24.2 Å². The van der Waals surface area contributed by atoms with Crippen LogP contribution >= 0.6 is 23.2 Å². The molecule has 0 spiro atoms. The summed E-state index contributed by atoms with van der Waals surface area (Å²) in [6.07, 6.45) is -0.287. The fourth-order valence-corrected chi connectivity index (χ4v) is 2.61. The molecule has 1 aromatic rings. The van der Waals surface area contributed by atoms with Crippen LogP contribution in [0.2, 0.25) is 10.0 Å². The zero-order chi connectivity index (χ0) is 19.7. The number of nitrogens with zero attached hydrogens (tertiary/aromatic N) is 1. The molecule has 0 unspecified atom stereocenters. The van der Waals surface area contributed by atoms with Crippen molar-refractivity contribution in [3.05, 3.63) is 28.2 Å². The van der Waals surface area contributed by atoms with Gasteiger partial charge in [-0.15, -0.1) is 0 Å². The molecule has 1 amide bonds. The first kappa shape index (κ1) is 22.5. The SMILES string of the molecule is COC(CN(CCCC(=O)O)C(=O)[C@@H](C)Nc1ccc(Cl)c(Cl)c1)OC. The molecule has 2 N–H and O–H groups in total. The van der Waals surface area contributed by atoms with Crippen LogP contribution < -0.4 is 5.32 Å². The van der Waals surface area contributed by atoms with Gasteiger partial charge in [0.2, 0.25) is 5.91 Å². The van der Waals surface area contributed by atoms with E-state index in [1.54, 1.807) is 25.1 Å². The molecule has 0 fully saturated rings. The van der Waals surface area contributed by atoms with E-state index in [4.69, 9.17) is 37.8 Å². The monoisotopic (exact) mass is 406 g/mol. The summed E-state index contributed by atoms with van der Waals surface area (Å²) in [5.74, 6) is -1.12. The average molecular weight is 407 g/mol. The normalized spacial score (nSPS) is 12.1. The molecule has 0 aliphatic carbocycles. The Morgan fingerprint density at radius 1 is 1.23 bits per heavy atom. The zero-order valence-electron chi connectivity index (χ0n) is 15.0. The van der Waals surface area contributed by atoms with Gasteiger partial charge in [-0.3, -0.25) is 9.59 Å². The lowest BCUT2D eigenvalue weighted by Gasteiger charge is -2.29. The second-order valence-electron chi connectivity index (χ2n) is 5.68. The molecule has 7 nitrogen and oxygen atoms in total. The molecule has 146 valence electrons. The first-order valence-corrected chi connectivity index (χ1v) is 8.81. The summed E-state index contributed by atoms with van der Waals surface area (Å²) >= 11 is 11.9. The summed E-state index contributed by atoms with van der Waals surface area (Å²) in [6, 6.07) is 4.43. The van der Waals surface area contributed by atoms with E-state index >= 15 is 0 Å². The number of hydrogen-bond acceptors (Lipinski definition) is 5. The van der Waals surface area contributed by atoms with Crippen molar-refractivity contribution in [2.75, 3.05) is 32.6 Å². The van der Waals surface area contributed by atoms with E-state index in [-0.39, 0.29) is 25.4 Å². The topological polar surface area (TPSA) is 88.1 Å². The van der Waals surface area contributed by atoms with Crippen LogP contribution in [0.5, 0.6) is 0 Å². The number of benzene rings is 1. The highest BCUT2D eigenvalue weighted by Gasteiger charge is 2.23. The van der Waals surface area contributed by atoms with Crippen LogP contribution in [0.1, 0.15) is 19.8 Å². The van der Waals surface area contributed by atoms with Gasteiger partial charge in [0.15, 0.2) is 6.29 Å². The Bertz CT molecular complexity index is 611. The first-order chi connectivity index (χ1) is 12.3. The number of ether oxygens (including phenoxy) is 2. The summed E-state index contributed by atoms with van der Waals surface area (Å²) in [4.78, 5) is 25.0. The Balaban J connectivity index is 2.79. The molecule has 0 aliphatic rings. The van der Waals surface area contributed by atoms with Crippen LogP contribution in [0.25, 0.3) is 0 Å². The Hall–Kier alpha value is -1.54. The van der Waals surface area contributed by atoms with Crippen LogP contribution in [-0.4, -0.2) is 61.5 Å². The maximum Gasteiger partial charge on any atom is 0.303 e. The van der Waals surface area contributed by atoms with Gasteiger partial charge in [0.05, 0.1) is 16.6 Å². The first-order valence-electron chi connectivity index (χ1n) is 8.06. The minimum absolute atomic E-state index is 0.0248. The molecule has 0 saturated carbocycles. The highest BCUT2D eigenvalue weighted by molar-refractivity contribution is 6.42. The van der Waals surface area contributed by atoms with Crippen LogP contribution in [0.15, 0.2) is 18.2 Å². The van der Waals surface area contributed by atoms with E-state index in [9.17, 15) is 9.59 Å². The number of carbonyl (C=O) groups excluding carboxylic acids is 1. The number of amides is 1. The van der Waals surface area contributed by atoms with E-state index in [0.29, 0.717) is 22.2 Å². The molecule has 0 aliphatic heterocycles. The van der Waals surface area contributed by atoms with Crippen molar-refractivity contribution in [1.29, 1.82) is 0 Å². The predicted molar refractivity (Wildman–Crippen MR) is 101 cm³/mol. The average Bonchev–Trinajstić information content (AvgIpc) is 2.60. The van der Waals surface area contributed by atoms with Gasteiger partial charge < -0.3 is 24.8 Å². The maximum atomic E-state index is 12.8. The van der Waals surface area contributed by atoms with Gasteiger partial charge in [-0.1, -0.05) is 23.2 Å². The molecule has 0 saturated heterocycles. The summed E-state index contributed by atoms with van der Waals surface area (Å²) < 4.78 is 10.3. The third-order valence-electron chi connectivity index (χ3n) is 3.70. The lowest BCUT2D eigenvalue weighted by molar-refractivity contribution is -0.146. The molecule has 0 radical (unpaired) electrons. The zero-order valence-corrected chi connectivity index (χ0v) is 16.5. The summed E-state index contributed by atoms with van der Waals surface area (Å²) in [6.45, 7) is 2.18. The fourth-order valence-electron chi connectivity index (χ4n) is 2.31. The quantitative estimate of drug-likeness (QED) is 0.548. The molecule has 1 atom stereocenters. The van der Waals surface area contributed by atoms with Crippen LogP contribution in [0.4, 0.5) is 5.69 Å². The van der Waals surface area contributed by atoms with Crippen molar-refractivity contribution in [3.8, 4) is 0 Å². The van der Waals surface area contributed by atoms with Crippen LogP contribution in [0, 0.1) is 0 Å². The third kappa shape index (κ3) is 7.37. The molecule has 26 heavy (non-hydrogen) atoms. The largest absolute Gasteiger partial charge is 0.481 e. The summed E-state index contributed by atoms with van der Waals surface area (Å²) in [5, 5.41) is 12.7. The van der Waals surface area contributed by atoms with Crippen LogP contribution in [-0.2, 0) is 19.1 Å². The molecule has 1 rings (SSSR count). The second kappa shape index (κ2) is 11.2. The van der Waals surface area contributed by atoms with Gasteiger partial charge in [-0.25, -0.2) is 0 Å². The van der Waals surface area contributed by atoms with Gasteiger partial charge in [0, 0.05) is 32.9 Å². The van der Waals surface area contributed by atoms with Gasteiger partial charge in [-0.05, 0) is 31.5 Å². The molecule has 1 aromatic carbocycles. The molecule has 0 aromatic heterocycles. The van der Waals surface area contributed by atoms with Crippen molar-refractivity contribution in [1.82, 2.24) is 4.90 Å². The Labute approximate surface area is 163 Å². The van der Waals surface area contributed by atoms with E-state index in [1.165, 1.54) is 19.1 Å². The minimum Gasteiger partial charge on any atom is -0.481 e. The number of carboxylic acids is 1. The molecule has 9 heteroatoms. The Kier molecular flexibility index (Phi) is 9.72. The van der Waals surface area contributed by atoms with E-state index in [2.05, 4.69) is 5.32 Å². The number of methoxy groups -OCH3 is 2. The Morgan fingerprint density at radius 2 is 1.88 bits per heavy atom. The van der Waals surface area contributed by atoms with Gasteiger partial charge >= 0.3 is 5.97 Å². The van der Waals surface area contributed by atoms with Gasteiger partial charge in [0.25, 0.3) is 0 Å². The van der Waals surface area contributed by atoms with Crippen molar-refractivity contribution >= 4 is 40.8 Å².